The van der Waals surface area contributed by atoms with E-state index in [0.717, 1.165) is 44.5 Å². The number of urea groups is 1. The van der Waals surface area contributed by atoms with Gasteiger partial charge in [-0.3, -0.25) is 19.4 Å². The highest BCUT2D eigenvalue weighted by molar-refractivity contribution is 7.20. The number of nitrogens with two attached hydrogens (primary N) is 3. The SMILES string of the molecule is CNc1ccc(-c2sc(N(Cc3c(F)cccc3F)C(=O)N(C)/C(N)=C/C=C(\N)OC)c(C=O)c2CCl)cc1.NC=O. The lowest BCUT2D eigenvalue weighted by Gasteiger charge is -2.28. The van der Waals surface area contributed by atoms with Gasteiger partial charge in [0.1, 0.15) is 22.5 Å². The summed E-state index contributed by atoms with van der Waals surface area (Å²) in [6, 6.07) is 10.0. The Balaban J connectivity index is 0.00000197. The molecule has 0 atom stereocenters. The molecule has 10 nitrogen and oxygen atoms in total. The molecule has 224 valence electrons. The third kappa shape index (κ3) is 7.98. The number of anilines is 2. The van der Waals surface area contributed by atoms with Gasteiger partial charge < -0.3 is 27.3 Å². The molecule has 0 aliphatic heterocycles. The molecule has 0 bridgehead atoms. The number of allylic oxidation sites excluding steroid dienone is 2. The van der Waals surface area contributed by atoms with Crippen LogP contribution in [-0.4, -0.2) is 44.8 Å². The maximum atomic E-state index is 14.7. The highest BCUT2D eigenvalue weighted by Crippen LogP contribution is 2.43. The number of primary amides is 1. The fraction of sp³-hybridized carbons (Fsp3) is 0.179. The molecule has 0 radical (unpaired) electrons. The first kappa shape index (κ1) is 33.6. The van der Waals surface area contributed by atoms with Crippen LogP contribution >= 0.6 is 22.9 Å². The van der Waals surface area contributed by atoms with Gasteiger partial charge in [0.15, 0.2) is 12.2 Å². The molecule has 0 saturated heterocycles. The summed E-state index contributed by atoms with van der Waals surface area (Å²) < 4.78 is 34.3. The molecule has 0 aliphatic carbocycles. The predicted octanol–water partition coefficient (Wildman–Crippen LogP) is 4.69. The third-order valence-electron chi connectivity index (χ3n) is 5.90. The van der Waals surface area contributed by atoms with Crippen LogP contribution in [0.2, 0.25) is 0 Å². The van der Waals surface area contributed by atoms with E-state index in [1.165, 1.54) is 32.4 Å². The molecule has 3 rings (SSSR count). The van der Waals surface area contributed by atoms with E-state index in [1.807, 2.05) is 24.3 Å². The average Bonchev–Trinajstić information content (AvgIpc) is 3.37. The Morgan fingerprint density at radius 2 is 1.67 bits per heavy atom. The Hall–Kier alpha value is -4.62. The van der Waals surface area contributed by atoms with Crippen molar-refractivity contribution in [2.75, 3.05) is 31.4 Å². The first-order chi connectivity index (χ1) is 20.1. The second-order valence-electron chi connectivity index (χ2n) is 8.34. The van der Waals surface area contributed by atoms with Crippen molar-refractivity contribution in [3.8, 4) is 10.4 Å². The van der Waals surface area contributed by atoms with Crippen molar-refractivity contribution in [2.45, 2.75) is 12.4 Å². The highest BCUT2D eigenvalue weighted by Gasteiger charge is 2.30. The second-order valence-corrected chi connectivity index (χ2v) is 9.60. The van der Waals surface area contributed by atoms with Crippen LogP contribution in [0.5, 0.6) is 0 Å². The molecular weight excluding hydrogens is 590 g/mol. The topological polar surface area (TPSA) is 157 Å². The van der Waals surface area contributed by atoms with Crippen molar-refractivity contribution in [1.82, 2.24) is 4.90 Å². The minimum absolute atomic E-state index is 0.0383. The average molecular weight is 621 g/mol. The van der Waals surface area contributed by atoms with Gasteiger partial charge in [-0.05, 0) is 41.5 Å². The van der Waals surface area contributed by atoms with Crippen LogP contribution in [0.15, 0.2) is 66.3 Å². The molecule has 2 aromatic carbocycles. The van der Waals surface area contributed by atoms with Crippen molar-refractivity contribution >= 4 is 52.4 Å². The molecule has 0 spiro atoms. The summed E-state index contributed by atoms with van der Waals surface area (Å²) >= 11 is 7.38. The van der Waals surface area contributed by atoms with Gasteiger partial charge in [-0.1, -0.05) is 18.2 Å². The first-order valence-corrected chi connectivity index (χ1v) is 13.5. The predicted molar refractivity (Wildman–Crippen MR) is 162 cm³/mol. The van der Waals surface area contributed by atoms with Crippen molar-refractivity contribution in [2.24, 2.45) is 17.2 Å². The van der Waals surface area contributed by atoms with Gasteiger partial charge in [0.05, 0.1) is 19.2 Å². The smallest absolute Gasteiger partial charge is 0.330 e. The highest BCUT2D eigenvalue weighted by atomic mass is 35.5. The molecule has 42 heavy (non-hydrogen) atoms. The van der Waals surface area contributed by atoms with E-state index < -0.39 is 24.2 Å². The van der Waals surface area contributed by atoms with Gasteiger partial charge in [0, 0.05) is 42.2 Å². The Labute approximate surface area is 251 Å². The summed E-state index contributed by atoms with van der Waals surface area (Å²) in [6.07, 6.45) is 3.52. The quantitative estimate of drug-likeness (QED) is 0.111. The number of amides is 3. The molecule has 1 heterocycles. The minimum Gasteiger partial charge on any atom is -0.483 e. The zero-order chi connectivity index (χ0) is 31.4. The van der Waals surface area contributed by atoms with E-state index in [9.17, 15) is 18.4 Å². The third-order valence-corrected chi connectivity index (χ3v) is 7.48. The van der Waals surface area contributed by atoms with E-state index in [0.29, 0.717) is 16.7 Å². The van der Waals surface area contributed by atoms with Crippen molar-refractivity contribution < 1.29 is 27.9 Å². The van der Waals surface area contributed by atoms with Gasteiger partial charge >= 0.3 is 6.03 Å². The lowest BCUT2D eigenvalue weighted by molar-refractivity contribution is -0.106. The van der Waals surface area contributed by atoms with E-state index in [1.54, 1.807) is 7.05 Å². The number of nitrogens with zero attached hydrogens (tertiary/aromatic N) is 2. The summed E-state index contributed by atoms with van der Waals surface area (Å²) in [5.74, 6) is -1.73. The van der Waals surface area contributed by atoms with Crippen LogP contribution in [0.4, 0.5) is 24.3 Å². The maximum Gasteiger partial charge on any atom is 0.330 e. The largest absolute Gasteiger partial charge is 0.483 e. The standard InChI is InChI=1S/C27H28ClF2N5O3S.CH3NO/c1-33-17-9-7-16(8-10-17)25-18(13-28)20(15-36)26(39-25)35(14-19-21(29)5-4-6-22(19)30)27(37)34(2)23(31)11-12-24(32)38-3;2-1-3/h4-12,15,33H,13-14,31-32H2,1-3H3;1H,(H2,2,3)/b23-11+,24-12+;. The molecule has 0 aliphatic rings. The van der Waals surface area contributed by atoms with Crippen LogP contribution in [0.3, 0.4) is 0 Å². The summed E-state index contributed by atoms with van der Waals surface area (Å²) in [5.41, 5.74) is 17.7. The molecule has 3 aromatic rings. The summed E-state index contributed by atoms with van der Waals surface area (Å²) in [7, 11) is 4.53. The first-order valence-electron chi connectivity index (χ1n) is 12.1. The van der Waals surface area contributed by atoms with Crippen molar-refractivity contribution in [1.29, 1.82) is 0 Å². The molecular formula is C28H31ClF2N6O4S. The van der Waals surface area contributed by atoms with Gasteiger partial charge in [0.25, 0.3) is 0 Å². The fourth-order valence-electron chi connectivity index (χ4n) is 3.65. The summed E-state index contributed by atoms with van der Waals surface area (Å²) in [6.45, 7) is -0.522. The van der Waals surface area contributed by atoms with Crippen LogP contribution in [0.1, 0.15) is 21.5 Å². The lowest BCUT2D eigenvalue weighted by Crippen LogP contribution is -2.42. The molecule has 14 heteroatoms. The number of ether oxygens (including phenoxy) is 1. The zero-order valence-corrected chi connectivity index (χ0v) is 24.6. The number of hydrogen-bond donors (Lipinski definition) is 4. The van der Waals surface area contributed by atoms with Crippen LogP contribution in [0, 0.1) is 11.6 Å². The van der Waals surface area contributed by atoms with Gasteiger partial charge in [-0.15, -0.1) is 22.9 Å². The molecule has 7 N–H and O–H groups in total. The number of aldehydes is 1. The Morgan fingerprint density at radius 1 is 1.07 bits per heavy atom. The number of halogens is 3. The monoisotopic (exact) mass is 620 g/mol. The zero-order valence-electron chi connectivity index (χ0n) is 23.1. The Bertz CT molecular complexity index is 1440. The van der Waals surface area contributed by atoms with E-state index in [-0.39, 0.29) is 40.1 Å². The number of hydrogen-bond acceptors (Lipinski definition) is 8. The van der Waals surface area contributed by atoms with Crippen molar-refractivity contribution in [3.63, 3.8) is 0 Å². The van der Waals surface area contributed by atoms with Crippen LogP contribution in [-0.2, 0) is 22.0 Å². The van der Waals surface area contributed by atoms with Gasteiger partial charge in [0.2, 0.25) is 6.41 Å². The minimum atomic E-state index is -0.848. The van der Waals surface area contributed by atoms with Gasteiger partial charge in [-0.25, -0.2) is 13.6 Å². The Kier molecular flexibility index (Phi) is 12.8. The number of thiophene rings is 1. The summed E-state index contributed by atoms with van der Waals surface area (Å²) in [4.78, 5) is 37.5. The lowest BCUT2D eigenvalue weighted by atomic mass is 10.1. The fourth-order valence-corrected chi connectivity index (χ4v) is 5.29. The van der Waals surface area contributed by atoms with E-state index >= 15 is 0 Å². The molecule has 3 amide bonds. The van der Waals surface area contributed by atoms with E-state index in [2.05, 4.69) is 11.1 Å². The number of methoxy groups -OCH3 is 1. The number of rotatable bonds is 10. The van der Waals surface area contributed by atoms with Crippen molar-refractivity contribution in [3.05, 3.63) is 94.6 Å². The normalized spacial score (nSPS) is 11.2. The van der Waals surface area contributed by atoms with E-state index in [4.69, 9.17) is 32.6 Å². The maximum absolute atomic E-state index is 14.7. The number of alkyl halides is 1. The van der Waals surface area contributed by atoms with Crippen LogP contribution < -0.4 is 27.4 Å². The number of carbonyl (C=O) groups is 3. The molecule has 0 saturated carbocycles. The van der Waals surface area contributed by atoms with Gasteiger partial charge in [-0.2, -0.15) is 0 Å². The number of benzene rings is 2. The molecule has 1 aromatic heterocycles. The second kappa shape index (κ2) is 16.0. The Morgan fingerprint density at radius 3 is 2.17 bits per heavy atom. The number of nitrogens with one attached hydrogen (secondary N) is 1. The summed E-state index contributed by atoms with van der Waals surface area (Å²) in [5, 5.41) is 3.19. The number of carbonyl (C=O) groups excluding carboxylic acids is 3. The molecule has 0 fully saturated rings. The van der Waals surface area contributed by atoms with Crippen LogP contribution in [0.25, 0.3) is 10.4 Å². The molecule has 0 unspecified atom stereocenters.